The van der Waals surface area contributed by atoms with E-state index in [1.165, 1.54) is 152 Å². The summed E-state index contributed by atoms with van der Waals surface area (Å²) in [6.07, 6.45) is 31.4. The Labute approximate surface area is 222 Å². The van der Waals surface area contributed by atoms with Gasteiger partial charge in [0, 0.05) is 5.97 Å². The minimum Gasteiger partial charge on any atom is -0.550 e. The van der Waals surface area contributed by atoms with Gasteiger partial charge in [-0.05, 0) is 38.5 Å². The van der Waals surface area contributed by atoms with Crippen molar-refractivity contribution in [3.05, 3.63) is 0 Å². The van der Waals surface area contributed by atoms with Crippen LogP contribution in [0, 0.1) is 0 Å². The van der Waals surface area contributed by atoms with Crippen LogP contribution in [-0.2, 0) is 4.79 Å². The lowest BCUT2D eigenvalue weighted by Crippen LogP contribution is -2.41. The molecular formula is C32H67NO2. The Morgan fingerprint density at radius 1 is 0.457 bits per heavy atom. The summed E-state index contributed by atoms with van der Waals surface area (Å²) in [5, 5.41) is 10.0. The van der Waals surface area contributed by atoms with Crippen molar-refractivity contribution < 1.29 is 14.4 Å². The van der Waals surface area contributed by atoms with Crippen molar-refractivity contribution in [1.82, 2.24) is 0 Å². The summed E-state index contributed by atoms with van der Waals surface area (Å²) in [6, 6.07) is 0. The van der Waals surface area contributed by atoms with Crippen LogP contribution in [0.1, 0.15) is 175 Å². The molecular weight excluding hydrogens is 430 g/mol. The van der Waals surface area contributed by atoms with Crippen molar-refractivity contribution in [3.8, 4) is 0 Å². The molecule has 3 nitrogen and oxygen atoms in total. The zero-order valence-corrected chi connectivity index (χ0v) is 25.1. The van der Waals surface area contributed by atoms with Gasteiger partial charge in [-0.2, -0.15) is 0 Å². The first-order chi connectivity index (χ1) is 16.9. The van der Waals surface area contributed by atoms with E-state index < -0.39 is 5.97 Å². The van der Waals surface area contributed by atoms with Gasteiger partial charge in [0.25, 0.3) is 0 Å². The highest BCUT2D eigenvalue weighted by Crippen LogP contribution is 2.13. The molecule has 0 fully saturated rings. The first-order valence-electron chi connectivity index (χ1n) is 15.9. The third kappa shape index (κ3) is 35.7. The first-order valence-corrected chi connectivity index (χ1v) is 15.9. The van der Waals surface area contributed by atoms with Crippen LogP contribution in [-0.4, -0.2) is 37.6 Å². The van der Waals surface area contributed by atoms with Gasteiger partial charge in [-0.1, -0.05) is 136 Å². The molecule has 35 heavy (non-hydrogen) atoms. The maximum atomic E-state index is 10.0. The zero-order chi connectivity index (χ0) is 26.5. The third-order valence-electron chi connectivity index (χ3n) is 7.22. The molecule has 0 aliphatic heterocycles. The van der Waals surface area contributed by atoms with Gasteiger partial charge in [0.2, 0.25) is 0 Å². The Morgan fingerprint density at radius 2 is 0.714 bits per heavy atom. The van der Waals surface area contributed by atoms with E-state index in [9.17, 15) is 9.90 Å². The molecule has 0 N–H and O–H groups in total. The van der Waals surface area contributed by atoms with Crippen LogP contribution in [0.15, 0.2) is 0 Å². The van der Waals surface area contributed by atoms with Crippen LogP contribution in [0.2, 0.25) is 0 Å². The number of carbonyl (C=O) groups excluding carboxylic acids is 1. The van der Waals surface area contributed by atoms with E-state index in [-0.39, 0.29) is 6.42 Å². The monoisotopic (exact) mass is 498 g/mol. The van der Waals surface area contributed by atoms with Gasteiger partial charge in [-0.3, -0.25) is 0 Å². The standard InChI is InChI=1S/C22H48N.C10H20O2/c1-5-7-9-11-13-15-17-19-21-23(3,4)22-20-18-16-14-12-10-8-6-2;1-2-3-4-5-6-7-8-9-10(11)12/h5-22H2,1-4H3;2-9H2,1H3,(H,11,12)/q+1;/p-1. The second-order valence-electron chi connectivity index (χ2n) is 11.6. The van der Waals surface area contributed by atoms with E-state index in [4.69, 9.17) is 0 Å². The quantitative estimate of drug-likeness (QED) is 0.0882. The fraction of sp³-hybridized carbons (Fsp3) is 0.969. The molecule has 0 spiro atoms. The number of carboxylic acid groups (broad SMARTS) is 1. The van der Waals surface area contributed by atoms with Gasteiger partial charge in [-0.15, -0.1) is 0 Å². The largest absolute Gasteiger partial charge is 0.550 e. The number of hydrogen-bond acceptors (Lipinski definition) is 2. The number of nitrogens with zero attached hydrogens (tertiary/aromatic N) is 1. The molecule has 3 heteroatoms. The second-order valence-corrected chi connectivity index (χ2v) is 11.6. The second kappa shape index (κ2) is 29.7. The third-order valence-corrected chi connectivity index (χ3v) is 7.22. The summed E-state index contributed by atoms with van der Waals surface area (Å²) in [6.45, 7) is 9.55. The maximum Gasteiger partial charge on any atom is 0.0782 e. The van der Waals surface area contributed by atoms with E-state index >= 15 is 0 Å². The highest BCUT2D eigenvalue weighted by atomic mass is 16.4. The number of carbonyl (C=O) groups is 1. The van der Waals surface area contributed by atoms with Crippen LogP contribution in [0.5, 0.6) is 0 Å². The first kappa shape index (κ1) is 36.6. The summed E-state index contributed by atoms with van der Waals surface area (Å²) in [7, 11) is 4.87. The summed E-state index contributed by atoms with van der Waals surface area (Å²) in [4.78, 5) is 10.0. The van der Waals surface area contributed by atoms with Crippen molar-refractivity contribution >= 4 is 5.97 Å². The molecule has 0 unspecified atom stereocenters. The molecule has 0 aromatic heterocycles. The van der Waals surface area contributed by atoms with Gasteiger partial charge in [0.1, 0.15) is 0 Å². The Bertz CT molecular complexity index is 386. The Kier molecular flexibility index (Phi) is 31.0. The zero-order valence-electron chi connectivity index (χ0n) is 25.1. The minimum absolute atomic E-state index is 0.230. The number of hydrogen-bond donors (Lipinski definition) is 0. The highest BCUT2D eigenvalue weighted by molar-refractivity contribution is 5.63. The minimum atomic E-state index is -0.913. The van der Waals surface area contributed by atoms with Crippen LogP contribution in [0.4, 0.5) is 0 Å². The summed E-state index contributed by atoms with van der Waals surface area (Å²) in [5.74, 6) is -0.913. The average molecular weight is 498 g/mol. The van der Waals surface area contributed by atoms with Gasteiger partial charge >= 0.3 is 0 Å². The van der Waals surface area contributed by atoms with Crippen molar-refractivity contribution in [2.45, 2.75) is 175 Å². The molecule has 0 amide bonds. The molecule has 0 aliphatic carbocycles. The number of quaternary nitrogens is 1. The highest BCUT2D eigenvalue weighted by Gasteiger charge is 2.13. The van der Waals surface area contributed by atoms with Crippen LogP contribution in [0.3, 0.4) is 0 Å². The predicted molar refractivity (Wildman–Crippen MR) is 155 cm³/mol. The molecule has 0 aromatic carbocycles. The van der Waals surface area contributed by atoms with Crippen molar-refractivity contribution in [3.63, 3.8) is 0 Å². The lowest BCUT2D eigenvalue weighted by molar-refractivity contribution is -0.890. The van der Waals surface area contributed by atoms with Crippen molar-refractivity contribution in [1.29, 1.82) is 0 Å². The van der Waals surface area contributed by atoms with Gasteiger partial charge in [-0.25, -0.2) is 0 Å². The van der Waals surface area contributed by atoms with E-state index in [0.717, 1.165) is 12.8 Å². The Balaban J connectivity index is 0. The number of carboxylic acids is 1. The number of aliphatic carboxylic acids is 1. The molecule has 0 radical (unpaired) electrons. The number of rotatable bonds is 26. The van der Waals surface area contributed by atoms with Crippen LogP contribution in [0.25, 0.3) is 0 Å². The molecule has 212 valence electrons. The Hall–Kier alpha value is -0.570. The molecule has 0 aliphatic rings. The van der Waals surface area contributed by atoms with E-state index in [1.54, 1.807) is 0 Å². The van der Waals surface area contributed by atoms with Crippen molar-refractivity contribution in [2.24, 2.45) is 0 Å². The molecule has 0 aromatic rings. The van der Waals surface area contributed by atoms with Gasteiger partial charge in [0.15, 0.2) is 0 Å². The fourth-order valence-electron chi connectivity index (χ4n) is 4.69. The lowest BCUT2D eigenvalue weighted by atomic mass is 10.1. The van der Waals surface area contributed by atoms with Crippen LogP contribution < -0.4 is 5.11 Å². The molecule has 0 bridgehead atoms. The summed E-state index contributed by atoms with van der Waals surface area (Å²) >= 11 is 0. The molecule has 0 atom stereocenters. The normalized spacial score (nSPS) is 11.3. The van der Waals surface area contributed by atoms with Gasteiger partial charge < -0.3 is 14.4 Å². The molecule has 0 rings (SSSR count). The van der Waals surface area contributed by atoms with E-state index in [0.29, 0.717) is 0 Å². The average Bonchev–Trinajstić information content (AvgIpc) is 2.82. The topological polar surface area (TPSA) is 40.1 Å². The van der Waals surface area contributed by atoms with Gasteiger partial charge in [0.05, 0.1) is 27.2 Å². The smallest absolute Gasteiger partial charge is 0.0782 e. The maximum absolute atomic E-state index is 10.0. The summed E-state index contributed by atoms with van der Waals surface area (Å²) in [5.41, 5.74) is 0. The van der Waals surface area contributed by atoms with E-state index in [2.05, 4.69) is 34.9 Å². The Morgan fingerprint density at radius 3 is 1.00 bits per heavy atom. The lowest BCUT2D eigenvalue weighted by Gasteiger charge is -2.30. The van der Waals surface area contributed by atoms with Crippen molar-refractivity contribution in [2.75, 3.05) is 27.2 Å². The van der Waals surface area contributed by atoms with E-state index in [1.807, 2.05) is 0 Å². The summed E-state index contributed by atoms with van der Waals surface area (Å²) < 4.78 is 1.24. The number of unbranched alkanes of at least 4 members (excludes halogenated alkanes) is 20. The molecule has 0 heterocycles. The van der Waals surface area contributed by atoms with Crippen LogP contribution >= 0.6 is 0 Å². The predicted octanol–water partition coefficient (Wildman–Crippen LogP) is 9.22. The fourth-order valence-corrected chi connectivity index (χ4v) is 4.69. The SMILES string of the molecule is CCCCCCCCCC(=O)[O-].CCCCCCCCCC[N+](C)(C)CCCCCCCCCC. The molecule has 0 saturated heterocycles. The molecule has 0 saturated carbocycles.